The second kappa shape index (κ2) is 15.7. The normalized spacial score (nSPS) is 12.0. The molecule has 7 heteroatoms. The standard InChI is InChI=1S/C20H32NO2.C6H6O2S.Na/c1-7-19(3,4)16-10-11-18(23-13-9-12-21-15-22)17(14-16)20(5,6)8-2;7-9(8)6-4-2-1-3-5-6;/h10-11,14H,7-9,12-13H2,1-6H3,(H,21,22);1-5H,(H,7,8);/q-1;;+1. The van der Waals surface area contributed by atoms with Crippen LogP contribution >= 0.6 is 0 Å². The van der Waals surface area contributed by atoms with E-state index in [1.165, 1.54) is 11.1 Å². The smallest absolute Gasteiger partial charge is 0.530 e. The molecular formula is C26H38NNaO4S. The van der Waals surface area contributed by atoms with Crippen molar-refractivity contribution in [3.8, 4) is 5.75 Å². The van der Waals surface area contributed by atoms with E-state index in [1.807, 2.05) is 0 Å². The van der Waals surface area contributed by atoms with Crippen molar-refractivity contribution < 1.29 is 47.9 Å². The van der Waals surface area contributed by atoms with Crippen LogP contribution in [0.5, 0.6) is 5.75 Å². The fraction of sp³-hybridized carbons (Fsp3) is 0.500. The molecule has 0 aliphatic carbocycles. The van der Waals surface area contributed by atoms with Crippen LogP contribution in [0.2, 0.25) is 0 Å². The Balaban J connectivity index is 0.000000856. The van der Waals surface area contributed by atoms with E-state index in [0.717, 1.165) is 25.0 Å². The Morgan fingerprint density at radius 3 is 2.09 bits per heavy atom. The molecule has 0 aliphatic rings. The molecule has 178 valence electrons. The second-order valence-electron chi connectivity index (χ2n) is 8.98. The van der Waals surface area contributed by atoms with E-state index in [-0.39, 0.29) is 40.4 Å². The summed E-state index contributed by atoms with van der Waals surface area (Å²) in [6.45, 7) is 14.7. The van der Waals surface area contributed by atoms with Crippen molar-refractivity contribution in [2.75, 3.05) is 13.2 Å². The van der Waals surface area contributed by atoms with Crippen molar-refractivity contribution in [2.45, 2.75) is 76.5 Å². The van der Waals surface area contributed by atoms with E-state index in [9.17, 15) is 9.00 Å². The average Bonchev–Trinajstić information content (AvgIpc) is 2.79. The number of nitrogens with one attached hydrogen (secondary N) is 1. The van der Waals surface area contributed by atoms with Gasteiger partial charge in [0.15, 0.2) is 11.1 Å². The van der Waals surface area contributed by atoms with Crippen molar-refractivity contribution >= 4 is 17.5 Å². The van der Waals surface area contributed by atoms with Gasteiger partial charge in [0.1, 0.15) is 5.75 Å². The molecule has 5 nitrogen and oxygen atoms in total. The number of benzene rings is 2. The quantitative estimate of drug-likeness (QED) is 0.169. The molecule has 0 radical (unpaired) electrons. The van der Waals surface area contributed by atoms with Crippen LogP contribution in [0.15, 0.2) is 53.4 Å². The topological polar surface area (TPSA) is 75.6 Å². The molecule has 1 amide bonds. The van der Waals surface area contributed by atoms with Gasteiger partial charge in [-0.2, -0.15) is 6.41 Å². The van der Waals surface area contributed by atoms with Crippen molar-refractivity contribution in [3.05, 3.63) is 59.7 Å². The van der Waals surface area contributed by atoms with Gasteiger partial charge in [0, 0.05) is 5.56 Å². The third kappa shape index (κ3) is 10.7. The molecule has 0 bridgehead atoms. The summed E-state index contributed by atoms with van der Waals surface area (Å²) in [7, 11) is 0. The second-order valence-corrected chi connectivity index (χ2v) is 9.95. The molecule has 0 heterocycles. The van der Waals surface area contributed by atoms with Gasteiger partial charge in [-0.1, -0.05) is 71.9 Å². The Kier molecular flexibility index (Phi) is 15.1. The van der Waals surface area contributed by atoms with Gasteiger partial charge in [0.25, 0.3) is 0 Å². The number of ether oxygens (including phenoxy) is 1. The predicted molar refractivity (Wildman–Crippen MR) is 132 cm³/mol. The Labute approximate surface area is 224 Å². The fourth-order valence-corrected chi connectivity index (χ4v) is 3.32. The average molecular weight is 484 g/mol. The predicted octanol–water partition coefficient (Wildman–Crippen LogP) is 2.76. The van der Waals surface area contributed by atoms with E-state index in [2.05, 4.69) is 65.1 Å². The number of rotatable bonds is 11. The Morgan fingerprint density at radius 2 is 1.61 bits per heavy atom. The van der Waals surface area contributed by atoms with Gasteiger partial charge in [-0.15, -0.1) is 0 Å². The van der Waals surface area contributed by atoms with Gasteiger partial charge in [-0.3, -0.25) is 0 Å². The zero-order valence-electron chi connectivity index (χ0n) is 21.2. The number of carbonyl (C=O) groups excluding carboxylic acids is 1. The monoisotopic (exact) mass is 483 g/mol. The first-order valence-electron chi connectivity index (χ1n) is 11.1. The first kappa shape index (κ1) is 31.8. The summed E-state index contributed by atoms with van der Waals surface area (Å²) in [6, 6.07) is 15.1. The van der Waals surface area contributed by atoms with E-state index < -0.39 is 11.1 Å². The van der Waals surface area contributed by atoms with E-state index in [0.29, 0.717) is 18.0 Å². The molecular weight excluding hydrogens is 445 g/mol. The maximum atomic E-state index is 10.3. The molecule has 0 spiro atoms. The first-order valence-corrected chi connectivity index (χ1v) is 12.2. The molecule has 1 unspecified atom stereocenters. The van der Waals surface area contributed by atoms with Crippen LogP contribution in [0.1, 0.15) is 71.9 Å². The fourth-order valence-electron chi connectivity index (χ4n) is 2.93. The Hall–Kier alpha value is -1.18. The van der Waals surface area contributed by atoms with E-state index >= 15 is 0 Å². The molecule has 2 N–H and O–H groups in total. The molecule has 0 aliphatic heterocycles. The summed E-state index contributed by atoms with van der Waals surface area (Å²) in [5, 5.41) is 2.54. The third-order valence-corrected chi connectivity index (χ3v) is 6.65. The minimum atomic E-state index is -1.83. The van der Waals surface area contributed by atoms with Gasteiger partial charge in [-0.05, 0) is 60.4 Å². The summed E-state index contributed by atoms with van der Waals surface area (Å²) in [6.07, 6.45) is 4.63. The molecule has 2 aromatic carbocycles. The van der Waals surface area contributed by atoms with Crippen LogP contribution in [-0.4, -0.2) is 28.3 Å². The van der Waals surface area contributed by atoms with Crippen LogP contribution in [0, 0.1) is 0 Å². The van der Waals surface area contributed by atoms with Crippen molar-refractivity contribution in [3.63, 3.8) is 0 Å². The molecule has 0 fully saturated rings. The maximum Gasteiger partial charge on any atom is 1.00 e. The Morgan fingerprint density at radius 1 is 1.00 bits per heavy atom. The molecule has 1 atom stereocenters. The number of amides is 1. The van der Waals surface area contributed by atoms with E-state index in [4.69, 9.17) is 9.29 Å². The van der Waals surface area contributed by atoms with Crippen molar-refractivity contribution in [2.24, 2.45) is 0 Å². The minimum Gasteiger partial charge on any atom is -0.530 e. The maximum absolute atomic E-state index is 10.3. The SMILES string of the molecule is CCC(C)(C)c1ccc(OCCCN[C-]=O)c(C(C)(C)CC)c1.O=S(O)c1ccccc1.[Na+]. The molecule has 2 aromatic rings. The third-order valence-electron chi connectivity index (χ3n) is 5.98. The Bertz CT molecular complexity index is 857. The van der Waals surface area contributed by atoms with Crippen LogP contribution in [0.25, 0.3) is 0 Å². The summed E-state index contributed by atoms with van der Waals surface area (Å²) < 4.78 is 24.8. The largest absolute Gasteiger partial charge is 1.00 e. The van der Waals surface area contributed by atoms with Gasteiger partial charge in [-0.25, -0.2) is 4.21 Å². The van der Waals surface area contributed by atoms with Crippen LogP contribution < -0.4 is 39.6 Å². The summed E-state index contributed by atoms with van der Waals surface area (Å²) in [4.78, 5) is 10.6. The van der Waals surface area contributed by atoms with Crippen LogP contribution in [0.4, 0.5) is 0 Å². The zero-order chi connectivity index (χ0) is 24.2. The van der Waals surface area contributed by atoms with Crippen LogP contribution in [0.3, 0.4) is 0 Å². The summed E-state index contributed by atoms with van der Waals surface area (Å²) >= 11 is -1.83. The molecule has 0 saturated heterocycles. The van der Waals surface area contributed by atoms with Crippen molar-refractivity contribution in [1.29, 1.82) is 0 Å². The zero-order valence-corrected chi connectivity index (χ0v) is 24.1. The summed E-state index contributed by atoms with van der Waals surface area (Å²) in [5.74, 6) is 0.961. The molecule has 33 heavy (non-hydrogen) atoms. The molecule has 0 saturated carbocycles. The summed E-state index contributed by atoms with van der Waals surface area (Å²) in [5.41, 5.74) is 2.88. The van der Waals surface area contributed by atoms with Crippen molar-refractivity contribution in [1.82, 2.24) is 5.32 Å². The van der Waals surface area contributed by atoms with Gasteiger partial charge < -0.3 is 19.4 Å². The van der Waals surface area contributed by atoms with E-state index in [1.54, 1.807) is 36.7 Å². The van der Waals surface area contributed by atoms with Gasteiger partial charge in [0.2, 0.25) is 0 Å². The van der Waals surface area contributed by atoms with Crippen LogP contribution in [-0.2, 0) is 26.7 Å². The van der Waals surface area contributed by atoms with Gasteiger partial charge in [0.05, 0.1) is 11.5 Å². The molecule has 2 rings (SSSR count). The van der Waals surface area contributed by atoms with Gasteiger partial charge >= 0.3 is 29.6 Å². The number of hydrogen-bond acceptors (Lipinski definition) is 3. The first-order chi connectivity index (χ1) is 15.1. The molecule has 0 aromatic heterocycles. The minimum absolute atomic E-state index is 0. The number of hydrogen-bond donors (Lipinski definition) is 2.